The van der Waals surface area contributed by atoms with Crippen LogP contribution in [0.1, 0.15) is 62.1 Å². The normalized spacial score (nSPS) is 17.6. The molecule has 196 valence electrons. The Bertz CT molecular complexity index is 1050. The van der Waals surface area contributed by atoms with Gasteiger partial charge in [0.15, 0.2) is 5.58 Å². The monoisotopic (exact) mass is 503 g/mol. The van der Waals surface area contributed by atoms with Crippen molar-refractivity contribution in [3.63, 3.8) is 0 Å². The van der Waals surface area contributed by atoms with Gasteiger partial charge >= 0.3 is 6.09 Å². The summed E-state index contributed by atoms with van der Waals surface area (Å²) < 4.78 is 29.2. The molecule has 1 N–H and O–H groups in total. The Morgan fingerprint density at radius 3 is 2.69 bits per heavy atom. The molecule has 1 aliphatic heterocycles. The highest BCUT2D eigenvalue weighted by atomic mass is 19.1. The summed E-state index contributed by atoms with van der Waals surface area (Å²) in [6, 6.07) is 3.92. The lowest BCUT2D eigenvalue weighted by atomic mass is 9.79. The summed E-state index contributed by atoms with van der Waals surface area (Å²) in [6.07, 6.45) is 6.02. The van der Waals surface area contributed by atoms with E-state index in [0.717, 1.165) is 25.7 Å². The molecule has 2 aliphatic rings. The van der Waals surface area contributed by atoms with Crippen molar-refractivity contribution in [3.05, 3.63) is 29.9 Å². The highest BCUT2D eigenvalue weighted by Gasteiger charge is 2.33. The van der Waals surface area contributed by atoms with Gasteiger partial charge in [-0.05, 0) is 43.7 Å². The van der Waals surface area contributed by atoms with E-state index >= 15 is 0 Å². The average molecular weight is 504 g/mol. The van der Waals surface area contributed by atoms with Crippen LogP contribution in [0.3, 0.4) is 0 Å². The molecule has 0 radical (unpaired) electrons. The number of benzene rings is 1. The van der Waals surface area contributed by atoms with E-state index in [-0.39, 0.29) is 54.6 Å². The van der Waals surface area contributed by atoms with Gasteiger partial charge in [-0.25, -0.2) is 14.2 Å². The van der Waals surface area contributed by atoms with Gasteiger partial charge in [-0.2, -0.15) is 0 Å². The minimum absolute atomic E-state index is 0.0482. The summed E-state index contributed by atoms with van der Waals surface area (Å²) in [6.45, 7) is 2.69. The van der Waals surface area contributed by atoms with Crippen LogP contribution in [-0.2, 0) is 14.3 Å². The zero-order valence-corrected chi connectivity index (χ0v) is 20.5. The smallest absolute Gasteiger partial charge is 0.407 e. The van der Waals surface area contributed by atoms with Crippen molar-refractivity contribution < 1.29 is 32.7 Å². The van der Waals surface area contributed by atoms with Gasteiger partial charge in [0, 0.05) is 32.1 Å². The predicted octanol–water partition coefficient (Wildman–Crippen LogP) is 4.10. The topological polar surface area (TPSA) is 111 Å². The molecule has 1 aromatic heterocycles. The molecule has 36 heavy (non-hydrogen) atoms. The Balaban J connectivity index is 1.17. The van der Waals surface area contributed by atoms with Crippen LogP contribution in [0.2, 0.25) is 0 Å². The van der Waals surface area contributed by atoms with Crippen LogP contribution < -0.4 is 5.32 Å². The Morgan fingerprint density at radius 2 is 1.92 bits per heavy atom. The number of nitrogens with zero attached hydrogens (tertiary/aromatic N) is 2. The number of fused-ring (bicyclic) bond motifs is 1. The number of amides is 2. The van der Waals surface area contributed by atoms with Crippen LogP contribution in [0.25, 0.3) is 11.1 Å². The Hall–Kier alpha value is -3.01. The number of Topliss-reactive ketones (excluding diaryl/α,β-unsaturated/α-hetero) is 1. The minimum atomic E-state index is -0.558. The van der Waals surface area contributed by atoms with E-state index < -0.39 is 11.9 Å². The van der Waals surface area contributed by atoms with E-state index in [0.29, 0.717) is 44.7 Å². The maximum atomic E-state index is 13.3. The van der Waals surface area contributed by atoms with Crippen molar-refractivity contribution in [2.24, 2.45) is 11.8 Å². The Morgan fingerprint density at radius 1 is 1.14 bits per heavy atom. The number of halogens is 1. The molecule has 1 atom stereocenters. The number of rotatable bonds is 10. The van der Waals surface area contributed by atoms with Crippen LogP contribution in [0.5, 0.6) is 0 Å². The first-order valence-electron chi connectivity index (χ1n) is 12.9. The lowest BCUT2D eigenvalue weighted by molar-refractivity contribution is -0.141. The molecule has 10 heteroatoms. The molecule has 0 bridgehead atoms. The molecule has 2 aromatic rings. The second-order valence-corrected chi connectivity index (χ2v) is 9.47. The van der Waals surface area contributed by atoms with Crippen molar-refractivity contribution in [3.8, 4) is 0 Å². The number of nitrogens with one attached hydrogen (secondary N) is 1. The molecule has 1 aliphatic carbocycles. The van der Waals surface area contributed by atoms with Gasteiger partial charge in [0.05, 0.1) is 25.7 Å². The van der Waals surface area contributed by atoms with E-state index in [2.05, 4.69) is 10.3 Å². The van der Waals surface area contributed by atoms with Crippen molar-refractivity contribution in [1.82, 2.24) is 15.2 Å². The van der Waals surface area contributed by atoms with Gasteiger partial charge in [-0.15, -0.1) is 0 Å². The molecule has 1 saturated carbocycles. The number of morpholine rings is 1. The van der Waals surface area contributed by atoms with Crippen molar-refractivity contribution in [2.75, 3.05) is 39.5 Å². The van der Waals surface area contributed by atoms with Crippen LogP contribution >= 0.6 is 0 Å². The third kappa shape index (κ3) is 7.02. The van der Waals surface area contributed by atoms with Gasteiger partial charge in [-0.1, -0.05) is 19.3 Å². The molecule has 0 spiro atoms. The number of unbranched alkanes of at least 4 members (excludes halogenated alkanes) is 1. The van der Waals surface area contributed by atoms with Crippen LogP contribution in [0.15, 0.2) is 22.6 Å². The first-order chi connectivity index (χ1) is 17.5. The highest BCUT2D eigenvalue weighted by molar-refractivity contribution is 5.94. The third-order valence-electron chi connectivity index (χ3n) is 6.95. The molecule has 2 fully saturated rings. The number of ketones is 1. The summed E-state index contributed by atoms with van der Waals surface area (Å²) in [5.74, 6) is -0.683. The van der Waals surface area contributed by atoms with Gasteiger partial charge in [0.25, 0.3) is 5.89 Å². The predicted molar refractivity (Wildman–Crippen MR) is 129 cm³/mol. The number of aromatic nitrogens is 1. The molecule has 1 unspecified atom stereocenters. The molecule has 9 nitrogen and oxygen atoms in total. The fraction of sp³-hybridized carbons (Fsp3) is 0.615. The zero-order valence-electron chi connectivity index (χ0n) is 20.5. The minimum Gasteiger partial charge on any atom is -0.450 e. The van der Waals surface area contributed by atoms with Crippen molar-refractivity contribution >= 4 is 28.9 Å². The molecule has 2 heterocycles. The summed E-state index contributed by atoms with van der Waals surface area (Å²) in [5, 5.41) is 2.78. The molecule has 4 rings (SSSR count). The number of ether oxygens (including phenoxy) is 2. The second kappa shape index (κ2) is 12.8. The molecule has 2 amide bonds. The molecular formula is C26H34FN3O6. The number of alkyl carbamates (subject to hydrolysis) is 1. The summed E-state index contributed by atoms with van der Waals surface area (Å²) in [5.41, 5.74) is 0.662. The number of hydrogen-bond acceptors (Lipinski definition) is 7. The van der Waals surface area contributed by atoms with Crippen LogP contribution in [0, 0.1) is 17.7 Å². The van der Waals surface area contributed by atoms with Crippen molar-refractivity contribution in [1.29, 1.82) is 0 Å². The van der Waals surface area contributed by atoms with Gasteiger partial charge in [0.1, 0.15) is 11.3 Å². The van der Waals surface area contributed by atoms with Gasteiger partial charge in [-0.3, -0.25) is 9.59 Å². The van der Waals surface area contributed by atoms with Crippen LogP contribution in [-0.4, -0.2) is 67.1 Å². The first-order valence-corrected chi connectivity index (χ1v) is 12.9. The van der Waals surface area contributed by atoms with Gasteiger partial charge in [0.2, 0.25) is 11.7 Å². The molecule has 1 saturated heterocycles. The van der Waals surface area contributed by atoms with E-state index in [1.807, 2.05) is 4.90 Å². The molecular weight excluding hydrogens is 469 g/mol. The van der Waals surface area contributed by atoms with E-state index in [4.69, 9.17) is 13.9 Å². The first kappa shape index (κ1) is 26.1. The quantitative estimate of drug-likeness (QED) is 0.384. The highest BCUT2D eigenvalue weighted by Crippen LogP contribution is 2.31. The maximum absolute atomic E-state index is 13.3. The largest absolute Gasteiger partial charge is 0.450 e. The standard InChI is InChI=1S/C26H34FN3O6/c27-19-9-10-21-23(16-19)36-24(29-21)22(31)8-4-5-13-35-26(33)28-17-20(18-6-2-1-3-7-18)25(32)30-11-14-34-15-12-30/h9-10,16,18,20H,1-8,11-15,17H2,(H,28,33). The average Bonchev–Trinajstić information content (AvgIpc) is 3.33. The van der Waals surface area contributed by atoms with E-state index in [9.17, 15) is 18.8 Å². The number of carbonyl (C=O) groups excluding carboxylic acids is 3. The fourth-order valence-corrected chi connectivity index (χ4v) is 4.93. The molecule has 1 aromatic carbocycles. The van der Waals surface area contributed by atoms with E-state index in [1.165, 1.54) is 24.6 Å². The third-order valence-corrected chi connectivity index (χ3v) is 6.95. The zero-order chi connectivity index (χ0) is 25.3. The van der Waals surface area contributed by atoms with Crippen molar-refractivity contribution in [2.45, 2.75) is 51.4 Å². The SMILES string of the molecule is O=C(NCC(C(=O)N1CCOCC1)C1CCCCC1)OCCCCC(=O)c1nc2ccc(F)cc2o1. The summed E-state index contributed by atoms with van der Waals surface area (Å²) in [4.78, 5) is 43.7. The maximum Gasteiger partial charge on any atom is 0.407 e. The number of hydrogen-bond donors (Lipinski definition) is 1. The summed E-state index contributed by atoms with van der Waals surface area (Å²) in [7, 11) is 0. The fourth-order valence-electron chi connectivity index (χ4n) is 4.93. The Kier molecular flexibility index (Phi) is 9.27. The lowest BCUT2D eigenvalue weighted by Gasteiger charge is -2.35. The van der Waals surface area contributed by atoms with Gasteiger partial charge < -0.3 is 24.1 Å². The van der Waals surface area contributed by atoms with E-state index in [1.54, 1.807) is 0 Å². The number of oxazole rings is 1. The number of carbonyl (C=O) groups is 3. The second-order valence-electron chi connectivity index (χ2n) is 9.47. The lowest BCUT2D eigenvalue weighted by Crippen LogP contribution is -2.49. The Labute approximate surface area is 209 Å². The van der Waals surface area contributed by atoms with Crippen LogP contribution in [0.4, 0.5) is 9.18 Å². The summed E-state index contributed by atoms with van der Waals surface area (Å²) >= 11 is 0.